The first-order chi connectivity index (χ1) is 7.53. The largest absolute Gasteiger partial charge is 0.355 e. The molecule has 1 atom stereocenters. The van der Waals surface area contributed by atoms with E-state index in [0.29, 0.717) is 19.5 Å². The maximum absolute atomic E-state index is 11.3. The molecule has 0 aromatic heterocycles. The van der Waals surface area contributed by atoms with Crippen molar-refractivity contribution in [2.24, 2.45) is 5.92 Å². The van der Waals surface area contributed by atoms with Gasteiger partial charge in [0.15, 0.2) is 9.84 Å². The van der Waals surface area contributed by atoms with Crippen LogP contribution in [0.25, 0.3) is 0 Å². The van der Waals surface area contributed by atoms with Crippen LogP contribution in [0.3, 0.4) is 0 Å². The molecule has 0 aromatic rings. The molecule has 1 saturated heterocycles. The molecule has 5 nitrogen and oxygen atoms in total. The van der Waals surface area contributed by atoms with Gasteiger partial charge in [-0.15, -0.1) is 6.58 Å². The second kappa shape index (κ2) is 6.00. The number of rotatable bonds is 6. The Morgan fingerprint density at radius 3 is 2.81 bits per heavy atom. The van der Waals surface area contributed by atoms with Crippen LogP contribution in [-0.4, -0.2) is 45.5 Å². The van der Waals surface area contributed by atoms with Crippen molar-refractivity contribution in [3.8, 4) is 0 Å². The predicted molar refractivity (Wildman–Crippen MR) is 62.8 cm³/mol. The lowest BCUT2D eigenvalue weighted by atomic mass is 10.1. The number of carbonyl (C=O) groups excluding carboxylic acids is 1. The zero-order valence-corrected chi connectivity index (χ0v) is 10.1. The Labute approximate surface area is 96.2 Å². The van der Waals surface area contributed by atoms with Gasteiger partial charge in [-0.2, -0.15) is 0 Å². The highest BCUT2D eigenvalue weighted by Gasteiger charge is 2.27. The molecule has 92 valence electrons. The summed E-state index contributed by atoms with van der Waals surface area (Å²) in [5, 5.41) is 5.60. The molecule has 1 aliphatic heterocycles. The van der Waals surface area contributed by atoms with E-state index in [9.17, 15) is 13.2 Å². The van der Waals surface area contributed by atoms with E-state index in [0.717, 1.165) is 0 Å². The van der Waals surface area contributed by atoms with E-state index < -0.39 is 9.84 Å². The number of nitrogens with one attached hydrogen (secondary N) is 2. The van der Waals surface area contributed by atoms with Gasteiger partial charge in [0.1, 0.15) is 0 Å². The van der Waals surface area contributed by atoms with E-state index in [1.54, 1.807) is 6.08 Å². The van der Waals surface area contributed by atoms with E-state index in [2.05, 4.69) is 17.2 Å². The Kier molecular flexibility index (Phi) is 4.95. The van der Waals surface area contributed by atoms with Crippen LogP contribution in [0.2, 0.25) is 0 Å². The van der Waals surface area contributed by atoms with Crippen molar-refractivity contribution in [2.75, 3.05) is 31.1 Å². The highest BCUT2D eigenvalue weighted by Crippen LogP contribution is 2.17. The molecule has 1 aliphatic rings. The van der Waals surface area contributed by atoms with Crippen molar-refractivity contribution >= 4 is 15.7 Å². The predicted octanol–water partition coefficient (Wildman–Crippen LogP) is -0.687. The second-order valence-electron chi connectivity index (χ2n) is 3.99. The summed E-state index contributed by atoms with van der Waals surface area (Å²) >= 11 is 0. The topological polar surface area (TPSA) is 75.3 Å². The summed E-state index contributed by atoms with van der Waals surface area (Å²) < 4.78 is 22.3. The molecule has 0 aromatic carbocycles. The van der Waals surface area contributed by atoms with Gasteiger partial charge in [-0.05, 0) is 12.3 Å². The number of amides is 1. The molecule has 6 heteroatoms. The van der Waals surface area contributed by atoms with Gasteiger partial charge in [0, 0.05) is 13.1 Å². The fourth-order valence-electron chi connectivity index (χ4n) is 1.64. The SMILES string of the molecule is C=CCNCC(=O)NCC1CCS(=O)(=O)C1. The van der Waals surface area contributed by atoms with Crippen LogP contribution in [0, 0.1) is 5.92 Å². The molecule has 1 heterocycles. The highest BCUT2D eigenvalue weighted by atomic mass is 32.2. The average Bonchev–Trinajstić information content (AvgIpc) is 2.56. The van der Waals surface area contributed by atoms with Gasteiger partial charge in [0.2, 0.25) is 5.91 Å². The lowest BCUT2D eigenvalue weighted by molar-refractivity contribution is -0.120. The van der Waals surface area contributed by atoms with Crippen molar-refractivity contribution in [3.63, 3.8) is 0 Å². The standard InChI is InChI=1S/C10H18N2O3S/c1-2-4-11-7-10(13)12-6-9-3-5-16(14,15)8-9/h2,9,11H,1,3-8H2,(H,12,13). The van der Waals surface area contributed by atoms with Gasteiger partial charge in [-0.1, -0.05) is 6.08 Å². The third-order valence-corrected chi connectivity index (χ3v) is 4.33. The summed E-state index contributed by atoms with van der Waals surface area (Å²) in [7, 11) is -2.84. The maximum atomic E-state index is 11.3. The molecule has 0 saturated carbocycles. The first-order valence-corrected chi connectivity index (χ1v) is 7.14. The van der Waals surface area contributed by atoms with Crippen LogP contribution in [0.15, 0.2) is 12.7 Å². The molecular formula is C10H18N2O3S. The Balaban J connectivity index is 2.15. The second-order valence-corrected chi connectivity index (χ2v) is 6.22. The summed E-state index contributed by atoms with van der Waals surface area (Å²) in [5.74, 6) is 0.426. The Morgan fingerprint density at radius 1 is 1.50 bits per heavy atom. The van der Waals surface area contributed by atoms with Crippen molar-refractivity contribution in [2.45, 2.75) is 6.42 Å². The van der Waals surface area contributed by atoms with Gasteiger partial charge in [-0.25, -0.2) is 8.42 Å². The van der Waals surface area contributed by atoms with Gasteiger partial charge in [0.05, 0.1) is 18.1 Å². The molecule has 0 spiro atoms. The van der Waals surface area contributed by atoms with Crippen LogP contribution in [0.5, 0.6) is 0 Å². The Morgan fingerprint density at radius 2 is 2.25 bits per heavy atom. The third-order valence-electron chi connectivity index (χ3n) is 2.49. The van der Waals surface area contributed by atoms with Crippen LogP contribution < -0.4 is 10.6 Å². The number of carbonyl (C=O) groups is 1. The van der Waals surface area contributed by atoms with Gasteiger partial charge < -0.3 is 10.6 Å². The van der Waals surface area contributed by atoms with E-state index in [1.807, 2.05) is 0 Å². The first kappa shape index (κ1) is 13.2. The molecule has 2 N–H and O–H groups in total. The normalized spacial score (nSPS) is 22.9. The fraction of sp³-hybridized carbons (Fsp3) is 0.700. The lowest BCUT2D eigenvalue weighted by Gasteiger charge is -2.09. The highest BCUT2D eigenvalue weighted by molar-refractivity contribution is 7.91. The summed E-state index contributed by atoms with van der Waals surface area (Å²) in [4.78, 5) is 11.3. The van der Waals surface area contributed by atoms with E-state index in [1.165, 1.54) is 0 Å². The van der Waals surface area contributed by atoms with Crippen LogP contribution in [0.1, 0.15) is 6.42 Å². The lowest BCUT2D eigenvalue weighted by Crippen LogP contribution is -2.36. The molecule has 1 fully saturated rings. The number of hydrogen-bond donors (Lipinski definition) is 2. The quantitative estimate of drug-likeness (QED) is 0.481. The molecule has 1 rings (SSSR count). The fourth-order valence-corrected chi connectivity index (χ4v) is 3.50. The van der Waals surface area contributed by atoms with E-state index in [4.69, 9.17) is 0 Å². The van der Waals surface area contributed by atoms with Gasteiger partial charge in [-0.3, -0.25) is 4.79 Å². The van der Waals surface area contributed by atoms with Crippen LogP contribution in [0.4, 0.5) is 0 Å². The minimum atomic E-state index is -2.84. The third kappa shape index (κ3) is 4.76. The average molecular weight is 246 g/mol. The summed E-state index contributed by atoms with van der Waals surface area (Å²) in [5.41, 5.74) is 0. The van der Waals surface area contributed by atoms with Crippen molar-refractivity contribution in [1.29, 1.82) is 0 Å². The minimum Gasteiger partial charge on any atom is -0.355 e. The van der Waals surface area contributed by atoms with Crippen molar-refractivity contribution in [1.82, 2.24) is 10.6 Å². The summed E-state index contributed by atoms with van der Waals surface area (Å²) in [6, 6.07) is 0. The monoisotopic (exact) mass is 246 g/mol. The van der Waals surface area contributed by atoms with E-state index in [-0.39, 0.29) is 29.9 Å². The molecular weight excluding hydrogens is 228 g/mol. The van der Waals surface area contributed by atoms with Crippen LogP contribution >= 0.6 is 0 Å². The zero-order valence-electron chi connectivity index (χ0n) is 9.24. The molecule has 1 unspecified atom stereocenters. The Hall–Kier alpha value is -0.880. The molecule has 16 heavy (non-hydrogen) atoms. The Bertz CT molecular complexity index is 351. The van der Waals surface area contributed by atoms with E-state index >= 15 is 0 Å². The minimum absolute atomic E-state index is 0.0772. The van der Waals surface area contributed by atoms with Crippen molar-refractivity contribution in [3.05, 3.63) is 12.7 Å². The summed E-state index contributed by atoms with van der Waals surface area (Å²) in [6.45, 7) is 4.80. The van der Waals surface area contributed by atoms with Gasteiger partial charge >= 0.3 is 0 Å². The number of hydrogen-bond acceptors (Lipinski definition) is 4. The maximum Gasteiger partial charge on any atom is 0.233 e. The van der Waals surface area contributed by atoms with Gasteiger partial charge in [0.25, 0.3) is 0 Å². The zero-order chi connectivity index (χ0) is 12.0. The first-order valence-electron chi connectivity index (χ1n) is 5.32. The van der Waals surface area contributed by atoms with Crippen molar-refractivity contribution < 1.29 is 13.2 Å². The van der Waals surface area contributed by atoms with Crippen LogP contribution in [-0.2, 0) is 14.6 Å². The smallest absolute Gasteiger partial charge is 0.233 e. The molecule has 0 bridgehead atoms. The molecule has 0 radical (unpaired) electrons. The summed E-state index contributed by atoms with van der Waals surface area (Å²) in [6.07, 6.45) is 2.33. The molecule has 1 amide bonds. The number of sulfone groups is 1. The molecule has 0 aliphatic carbocycles.